The second-order valence-corrected chi connectivity index (χ2v) is 11.7. The van der Waals surface area contributed by atoms with Crippen molar-refractivity contribution in [3.05, 3.63) is 52.4 Å². The molecular formula is C25H35N3O7S. The molecule has 1 aromatic carbocycles. The molecule has 0 bridgehead atoms. The Kier molecular flexibility index (Phi) is 9.29. The van der Waals surface area contributed by atoms with Gasteiger partial charge in [0, 0.05) is 44.7 Å². The van der Waals surface area contributed by atoms with Gasteiger partial charge in [-0.15, -0.1) is 0 Å². The zero-order valence-corrected chi connectivity index (χ0v) is 21.8. The summed E-state index contributed by atoms with van der Waals surface area (Å²) in [7, 11) is -3.84. The minimum Gasteiger partial charge on any atom is -0.494 e. The third-order valence-corrected chi connectivity index (χ3v) is 8.75. The Morgan fingerprint density at radius 3 is 2.53 bits per heavy atom. The number of hydrogen-bond donors (Lipinski definition) is 2. The van der Waals surface area contributed by atoms with Crippen molar-refractivity contribution in [2.75, 3.05) is 45.7 Å². The topological polar surface area (TPSA) is 127 Å². The summed E-state index contributed by atoms with van der Waals surface area (Å²) in [4.78, 5) is 27.1. The molecule has 1 atom stereocenters. The largest absolute Gasteiger partial charge is 0.494 e. The molecule has 3 rings (SSSR count). The molecule has 0 saturated carbocycles. The standard InChI is InChI=1S/C25H35N3O7S/c1-19-17-21(35-14-4-9-27-12-15-34-16-13-27)5-6-22(19)20-7-10-28(23(29)18-20)11-8-25(2,24(30)26-31)36(3,32)33/h5-7,10,17-18,31H,4,8-9,11-16H2,1-3H3,(H,26,30). The van der Waals surface area contributed by atoms with Crippen molar-refractivity contribution >= 4 is 15.7 Å². The number of carbonyl (C=O) groups is 1. The van der Waals surface area contributed by atoms with Crippen LogP contribution in [0.25, 0.3) is 11.1 Å². The van der Waals surface area contributed by atoms with Crippen LogP contribution in [0.1, 0.15) is 25.3 Å². The summed E-state index contributed by atoms with van der Waals surface area (Å²) in [5, 5.41) is 8.96. The number of sulfone groups is 1. The molecule has 0 radical (unpaired) electrons. The molecule has 1 unspecified atom stereocenters. The number of hydrogen-bond acceptors (Lipinski definition) is 8. The number of benzene rings is 1. The Morgan fingerprint density at radius 2 is 1.92 bits per heavy atom. The van der Waals surface area contributed by atoms with Gasteiger partial charge in [-0.3, -0.25) is 19.7 Å². The van der Waals surface area contributed by atoms with Gasteiger partial charge in [0.25, 0.3) is 11.5 Å². The van der Waals surface area contributed by atoms with Crippen molar-refractivity contribution in [1.82, 2.24) is 14.9 Å². The minimum atomic E-state index is -3.84. The van der Waals surface area contributed by atoms with Gasteiger partial charge in [0.05, 0.1) is 19.8 Å². The Balaban J connectivity index is 1.63. The molecule has 1 amide bonds. The van der Waals surface area contributed by atoms with Crippen molar-refractivity contribution in [3.63, 3.8) is 0 Å². The second kappa shape index (κ2) is 12.0. The highest BCUT2D eigenvalue weighted by atomic mass is 32.2. The van der Waals surface area contributed by atoms with Crippen molar-refractivity contribution < 1.29 is 27.9 Å². The van der Waals surface area contributed by atoms with Crippen LogP contribution in [-0.4, -0.2) is 79.5 Å². The van der Waals surface area contributed by atoms with Crippen LogP contribution < -0.4 is 15.8 Å². The van der Waals surface area contributed by atoms with E-state index in [2.05, 4.69) is 4.90 Å². The van der Waals surface area contributed by atoms with E-state index >= 15 is 0 Å². The van der Waals surface area contributed by atoms with E-state index in [1.165, 1.54) is 23.0 Å². The smallest absolute Gasteiger partial charge is 0.264 e. The Bertz CT molecular complexity index is 1220. The van der Waals surface area contributed by atoms with Crippen LogP contribution in [0.3, 0.4) is 0 Å². The van der Waals surface area contributed by atoms with Crippen LogP contribution in [0, 0.1) is 6.92 Å². The van der Waals surface area contributed by atoms with Crippen molar-refractivity contribution in [2.24, 2.45) is 0 Å². The molecule has 0 spiro atoms. The first-order valence-corrected chi connectivity index (χ1v) is 13.8. The van der Waals surface area contributed by atoms with E-state index in [-0.39, 0.29) is 18.5 Å². The van der Waals surface area contributed by atoms with Gasteiger partial charge in [-0.25, -0.2) is 13.9 Å². The maximum atomic E-state index is 12.7. The summed E-state index contributed by atoms with van der Waals surface area (Å²) in [5.74, 6) is -0.262. The first kappa shape index (κ1) is 27.9. The SMILES string of the molecule is Cc1cc(OCCCN2CCOCC2)ccc1-c1ccn(CCC(C)(C(=O)NO)S(C)(=O)=O)c(=O)c1. The molecular weight excluding hydrogens is 486 g/mol. The van der Waals surface area contributed by atoms with Gasteiger partial charge in [0.1, 0.15) is 5.75 Å². The number of aryl methyl sites for hydroxylation is 2. The lowest BCUT2D eigenvalue weighted by molar-refractivity contribution is -0.131. The Morgan fingerprint density at radius 1 is 1.19 bits per heavy atom. The lowest BCUT2D eigenvalue weighted by Gasteiger charge is -2.26. The van der Waals surface area contributed by atoms with Crippen molar-refractivity contribution in [3.8, 4) is 16.9 Å². The summed E-state index contributed by atoms with van der Waals surface area (Å²) in [6, 6.07) is 9.00. The molecule has 1 fully saturated rings. The summed E-state index contributed by atoms with van der Waals surface area (Å²) < 4.78 is 35.0. The van der Waals surface area contributed by atoms with Gasteiger partial charge in [-0.05, 0) is 61.6 Å². The minimum absolute atomic E-state index is 0.00762. The molecule has 2 heterocycles. The zero-order chi connectivity index (χ0) is 26.3. The van der Waals surface area contributed by atoms with E-state index in [0.717, 1.165) is 68.0 Å². The second-order valence-electron chi connectivity index (χ2n) is 9.27. The number of nitrogens with zero attached hydrogens (tertiary/aromatic N) is 2. The average Bonchev–Trinajstić information content (AvgIpc) is 2.85. The predicted octanol–water partition coefficient (Wildman–Crippen LogP) is 1.62. The fraction of sp³-hybridized carbons (Fsp3) is 0.520. The van der Waals surface area contributed by atoms with Gasteiger partial charge in [0.15, 0.2) is 14.6 Å². The lowest BCUT2D eigenvalue weighted by atomic mass is 10.0. The quantitative estimate of drug-likeness (QED) is 0.260. The van der Waals surface area contributed by atoms with Crippen LogP contribution in [0.5, 0.6) is 5.75 Å². The zero-order valence-electron chi connectivity index (χ0n) is 21.0. The molecule has 11 heteroatoms. The summed E-state index contributed by atoms with van der Waals surface area (Å²) >= 11 is 0. The van der Waals surface area contributed by atoms with E-state index in [1.54, 1.807) is 12.3 Å². The number of hydroxylamine groups is 1. The van der Waals surface area contributed by atoms with E-state index in [4.69, 9.17) is 14.7 Å². The third-order valence-electron chi connectivity index (χ3n) is 6.73. The highest BCUT2D eigenvalue weighted by molar-refractivity contribution is 7.92. The van der Waals surface area contributed by atoms with Gasteiger partial charge in [-0.2, -0.15) is 0 Å². The van der Waals surface area contributed by atoms with Gasteiger partial charge < -0.3 is 14.0 Å². The lowest BCUT2D eigenvalue weighted by Crippen LogP contribution is -2.49. The first-order valence-electron chi connectivity index (χ1n) is 11.9. The maximum absolute atomic E-state index is 12.7. The third kappa shape index (κ3) is 6.73. The van der Waals surface area contributed by atoms with Crippen LogP contribution in [0.15, 0.2) is 41.3 Å². The van der Waals surface area contributed by atoms with Crippen molar-refractivity contribution in [2.45, 2.75) is 38.0 Å². The maximum Gasteiger partial charge on any atom is 0.264 e. The number of pyridine rings is 1. The first-order chi connectivity index (χ1) is 17.0. The van der Waals surface area contributed by atoms with Gasteiger partial charge in [0.2, 0.25) is 0 Å². The predicted molar refractivity (Wildman–Crippen MR) is 136 cm³/mol. The molecule has 2 N–H and O–H groups in total. The molecule has 2 aromatic rings. The molecule has 1 aliphatic heterocycles. The summed E-state index contributed by atoms with van der Waals surface area (Å²) in [6.07, 6.45) is 3.26. The van der Waals surface area contributed by atoms with E-state index in [9.17, 15) is 18.0 Å². The van der Waals surface area contributed by atoms with Crippen LogP contribution in [0.4, 0.5) is 0 Å². The molecule has 1 saturated heterocycles. The number of carbonyl (C=O) groups excluding carboxylic acids is 1. The fourth-order valence-electron chi connectivity index (χ4n) is 4.13. The Labute approximate surface area is 211 Å². The monoisotopic (exact) mass is 521 g/mol. The summed E-state index contributed by atoms with van der Waals surface area (Å²) in [6.45, 7) is 8.25. The van der Waals surface area contributed by atoms with Gasteiger partial charge in [-0.1, -0.05) is 6.07 Å². The number of amides is 1. The highest BCUT2D eigenvalue weighted by Crippen LogP contribution is 2.27. The van der Waals surface area contributed by atoms with Crippen LogP contribution >= 0.6 is 0 Å². The number of aromatic nitrogens is 1. The number of nitrogens with one attached hydrogen (secondary N) is 1. The van der Waals surface area contributed by atoms with Crippen molar-refractivity contribution in [1.29, 1.82) is 0 Å². The van der Waals surface area contributed by atoms with Crippen LogP contribution in [-0.2, 0) is 25.9 Å². The highest BCUT2D eigenvalue weighted by Gasteiger charge is 2.43. The van der Waals surface area contributed by atoms with Gasteiger partial charge >= 0.3 is 0 Å². The molecule has 0 aliphatic carbocycles. The molecule has 36 heavy (non-hydrogen) atoms. The molecule has 1 aliphatic rings. The molecule has 1 aromatic heterocycles. The molecule has 10 nitrogen and oxygen atoms in total. The van der Waals surface area contributed by atoms with E-state index in [1.807, 2.05) is 25.1 Å². The molecule has 198 valence electrons. The number of ether oxygens (including phenoxy) is 2. The van der Waals surface area contributed by atoms with E-state index < -0.39 is 20.5 Å². The average molecular weight is 522 g/mol. The normalized spacial score (nSPS) is 16.3. The van der Waals surface area contributed by atoms with Crippen LogP contribution in [0.2, 0.25) is 0 Å². The number of rotatable bonds is 11. The van der Waals surface area contributed by atoms with E-state index in [0.29, 0.717) is 6.61 Å². The fourth-order valence-corrected chi connectivity index (χ4v) is 4.98. The number of morpholine rings is 1. The summed E-state index contributed by atoms with van der Waals surface area (Å²) in [5.41, 5.74) is 3.67. The Hall–Kier alpha value is -2.73.